The van der Waals surface area contributed by atoms with Crippen LogP contribution in [0.5, 0.6) is 0 Å². The zero-order chi connectivity index (χ0) is 15.3. The van der Waals surface area contributed by atoms with Gasteiger partial charge in [-0.05, 0) is 42.0 Å². The Hall–Kier alpha value is -0.770. The quantitative estimate of drug-likeness (QED) is 0.568. The van der Waals surface area contributed by atoms with Crippen molar-refractivity contribution in [3.63, 3.8) is 0 Å². The molecule has 0 saturated heterocycles. The van der Waals surface area contributed by atoms with Gasteiger partial charge in [-0.3, -0.25) is 4.72 Å². The van der Waals surface area contributed by atoms with E-state index in [1.54, 1.807) is 7.05 Å². The van der Waals surface area contributed by atoms with Gasteiger partial charge < -0.3 is 5.32 Å². The van der Waals surface area contributed by atoms with Crippen LogP contribution in [0, 0.1) is 11.6 Å². The highest BCUT2D eigenvalue weighted by Crippen LogP contribution is 2.24. The summed E-state index contributed by atoms with van der Waals surface area (Å²) in [6, 6.07) is 1.66. The fraction of sp³-hybridized carbons (Fsp3) is 0.455. The van der Waals surface area contributed by atoms with Crippen molar-refractivity contribution in [1.29, 1.82) is 0 Å². The largest absolute Gasteiger partial charge is 0.320 e. The van der Waals surface area contributed by atoms with E-state index >= 15 is 0 Å². The van der Waals surface area contributed by atoms with Crippen LogP contribution < -0.4 is 10.0 Å². The van der Waals surface area contributed by atoms with Gasteiger partial charge in [0.2, 0.25) is 0 Å². The lowest BCUT2D eigenvalue weighted by Gasteiger charge is -2.18. The van der Waals surface area contributed by atoms with Gasteiger partial charge >= 0.3 is 10.2 Å². The number of nitrogens with zero attached hydrogens (tertiary/aromatic N) is 1. The highest BCUT2D eigenvalue weighted by molar-refractivity contribution is 9.10. The smallest absolute Gasteiger partial charge is 0.301 e. The zero-order valence-electron chi connectivity index (χ0n) is 11.1. The monoisotopic (exact) mass is 371 g/mol. The van der Waals surface area contributed by atoms with Crippen LogP contribution in [0.3, 0.4) is 0 Å². The normalized spacial score (nSPS) is 11.9. The van der Waals surface area contributed by atoms with E-state index in [4.69, 9.17) is 0 Å². The van der Waals surface area contributed by atoms with Gasteiger partial charge in [0.25, 0.3) is 0 Å². The lowest BCUT2D eigenvalue weighted by atomic mass is 10.3. The molecule has 1 aromatic carbocycles. The van der Waals surface area contributed by atoms with E-state index in [9.17, 15) is 17.2 Å². The van der Waals surface area contributed by atoms with Crippen LogP contribution in [0.4, 0.5) is 14.5 Å². The van der Waals surface area contributed by atoms with Crippen molar-refractivity contribution in [2.24, 2.45) is 0 Å². The Balaban J connectivity index is 2.83. The van der Waals surface area contributed by atoms with Crippen LogP contribution in [0.1, 0.15) is 6.42 Å². The average Bonchev–Trinajstić information content (AvgIpc) is 2.35. The molecule has 0 radical (unpaired) electrons. The molecule has 20 heavy (non-hydrogen) atoms. The molecule has 1 aromatic rings. The highest BCUT2D eigenvalue weighted by atomic mass is 79.9. The second-order valence-corrected chi connectivity index (χ2v) is 6.76. The molecule has 0 saturated carbocycles. The average molecular weight is 372 g/mol. The molecule has 0 fully saturated rings. The van der Waals surface area contributed by atoms with E-state index in [2.05, 4.69) is 21.2 Å². The SMILES string of the molecule is CNCCCN(C)S(=O)(=O)Nc1cc(F)c(Br)cc1F. The Kier molecular flexibility index (Phi) is 6.31. The summed E-state index contributed by atoms with van der Waals surface area (Å²) in [5, 5.41) is 2.89. The van der Waals surface area contributed by atoms with Gasteiger partial charge in [-0.1, -0.05) is 0 Å². The van der Waals surface area contributed by atoms with E-state index in [0.717, 1.165) is 16.4 Å². The number of rotatable bonds is 7. The summed E-state index contributed by atoms with van der Waals surface area (Å²) in [5.41, 5.74) is -0.425. The number of benzene rings is 1. The second kappa shape index (κ2) is 7.30. The molecule has 0 heterocycles. The fourth-order valence-electron chi connectivity index (χ4n) is 1.42. The molecular formula is C11H16BrF2N3O2S. The predicted molar refractivity (Wildman–Crippen MR) is 77.8 cm³/mol. The standard InChI is InChI=1S/C11H16BrF2N3O2S/c1-15-4-3-5-17(2)20(18,19)16-11-7-9(13)8(12)6-10(11)14/h6-7,15-16H,3-5H2,1-2H3. The molecule has 0 spiro atoms. The number of halogens is 3. The van der Waals surface area contributed by atoms with Crippen molar-refractivity contribution in [2.45, 2.75) is 6.42 Å². The number of hydrogen-bond donors (Lipinski definition) is 2. The van der Waals surface area contributed by atoms with Crippen molar-refractivity contribution in [1.82, 2.24) is 9.62 Å². The van der Waals surface area contributed by atoms with E-state index in [-0.39, 0.29) is 11.0 Å². The number of anilines is 1. The summed E-state index contributed by atoms with van der Waals surface area (Å²) in [4.78, 5) is 0. The van der Waals surface area contributed by atoms with Crippen LogP contribution >= 0.6 is 15.9 Å². The van der Waals surface area contributed by atoms with E-state index in [1.165, 1.54) is 7.05 Å². The maximum Gasteiger partial charge on any atom is 0.301 e. The van der Waals surface area contributed by atoms with Crippen LogP contribution in [-0.4, -0.2) is 39.9 Å². The van der Waals surface area contributed by atoms with Crippen LogP contribution in [0.25, 0.3) is 0 Å². The highest BCUT2D eigenvalue weighted by Gasteiger charge is 2.20. The van der Waals surface area contributed by atoms with E-state index < -0.39 is 27.5 Å². The third kappa shape index (κ3) is 4.65. The van der Waals surface area contributed by atoms with Gasteiger partial charge in [0.15, 0.2) is 0 Å². The lowest BCUT2D eigenvalue weighted by molar-refractivity contribution is 0.462. The lowest BCUT2D eigenvalue weighted by Crippen LogP contribution is -2.34. The van der Waals surface area contributed by atoms with Crippen molar-refractivity contribution in [3.05, 3.63) is 28.2 Å². The fourth-order valence-corrected chi connectivity index (χ4v) is 2.69. The first-order valence-corrected chi connectivity index (χ1v) is 8.04. The van der Waals surface area contributed by atoms with Crippen LogP contribution in [0.2, 0.25) is 0 Å². The summed E-state index contributed by atoms with van der Waals surface area (Å²) in [5.74, 6) is -1.60. The minimum Gasteiger partial charge on any atom is -0.320 e. The molecule has 5 nitrogen and oxygen atoms in total. The van der Waals surface area contributed by atoms with Gasteiger partial charge in [0.05, 0.1) is 10.2 Å². The first kappa shape index (κ1) is 17.3. The zero-order valence-corrected chi connectivity index (χ0v) is 13.5. The van der Waals surface area contributed by atoms with Crippen molar-refractivity contribution >= 4 is 31.8 Å². The van der Waals surface area contributed by atoms with Gasteiger partial charge in [-0.25, -0.2) is 8.78 Å². The maximum atomic E-state index is 13.6. The Morgan fingerprint density at radius 1 is 1.30 bits per heavy atom. The predicted octanol–water partition coefficient (Wildman–Crippen LogP) is 1.93. The van der Waals surface area contributed by atoms with Crippen molar-refractivity contribution < 1.29 is 17.2 Å². The Morgan fingerprint density at radius 3 is 2.55 bits per heavy atom. The molecular weight excluding hydrogens is 356 g/mol. The van der Waals surface area contributed by atoms with Crippen LogP contribution in [-0.2, 0) is 10.2 Å². The Bertz CT molecular complexity index is 569. The first-order valence-electron chi connectivity index (χ1n) is 5.81. The minimum atomic E-state index is -3.91. The summed E-state index contributed by atoms with van der Waals surface area (Å²) in [6.07, 6.45) is 0.602. The molecule has 0 aliphatic heterocycles. The molecule has 0 aromatic heterocycles. The van der Waals surface area contributed by atoms with Gasteiger partial charge in [0.1, 0.15) is 11.6 Å². The van der Waals surface area contributed by atoms with Gasteiger partial charge in [-0.2, -0.15) is 12.7 Å². The van der Waals surface area contributed by atoms with Gasteiger partial charge in [-0.15, -0.1) is 0 Å². The minimum absolute atomic E-state index is 0.0691. The summed E-state index contributed by atoms with van der Waals surface area (Å²) >= 11 is 2.82. The van der Waals surface area contributed by atoms with E-state index in [1.807, 2.05) is 4.72 Å². The van der Waals surface area contributed by atoms with Crippen molar-refractivity contribution in [2.75, 3.05) is 31.9 Å². The Morgan fingerprint density at radius 2 is 1.95 bits per heavy atom. The second-order valence-electron chi connectivity index (χ2n) is 4.13. The molecule has 2 N–H and O–H groups in total. The molecule has 0 bridgehead atoms. The molecule has 0 aliphatic rings. The summed E-state index contributed by atoms with van der Waals surface area (Å²) < 4.78 is 53.8. The molecule has 0 unspecified atom stereocenters. The Labute approximate surface area is 125 Å². The third-order valence-corrected chi connectivity index (χ3v) is 4.65. The first-order chi connectivity index (χ1) is 9.27. The van der Waals surface area contributed by atoms with Crippen molar-refractivity contribution in [3.8, 4) is 0 Å². The van der Waals surface area contributed by atoms with E-state index in [0.29, 0.717) is 13.0 Å². The molecule has 114 valence electrons. The molecule has 0 aliphatic carbocycles. The summed E-state index contributed by atoms with van der Waals surface area (Å²) in [7, 11) is -0.789. The van der Waals surface area contributed by atoms with Crippen LogP contribution in [0.15, 0.2) is 16.6 Å². The van der Waals surface area contributed by atoms with Gasteiger partial charge in [0, 0.05) is 19.7 Å². The topological polar surface area (TPSA) is 61.4 Å². The molecule has 0 atom stereocenters. The molecule has 0 amide bonds. The number of nitrogens with one attached hydrogen (secondary N) is 2. The summed E-state index contributed by atoms with van der Waals surface area (Å²) in [6.45, 7) is 0.915. The molecule has 1 rings (SSSR count). The number of hydrogen-bond acceptors (Lipinski definition) is 3. The molecule has 9 heteroatoms. The third-order valence-electron chi connectivity index (χ3n) is 2.56. The maximum absolute atomic E-state index is 13.6.